The van der Waals surface area contributed by atoms with E-state index < -0.39 is 0 Å². The molecule has 5 rings (SSSR count). The van der Waals surface area contributed by atoms with Gasteiger partial charge in [0.25, 0.3) is 0 Å². The highest BCUT2D eigenvalue weighted by Gasteiger charge is 2.33. The quantitative estimate of drug-likeness (QED) is 0.469. The molecular formula is C24H24N4O2S. The molecule has 0 spiro atoms. The second-order valence-corrected chi connectivity index (χ2v) is 8.73. The first-order chi connectivity index (χ1) is 15.1. The number of fused-ring (bicyclic) bond motifs is 2. The summed E-state index contributed by atoms with van der Waals surface area (Å²) in [6.45, 7) is 6.73. The molecule has 7 heteroatoms. The number of thiazole rings is 1. The van der Waals surface area contributed by atoms with Gasteiger partial charge in [0.05, 0.1) is 22.5 Å². The van der Waals surface area contributed by atoms with Gasteiger partial charge in [0, 0.05) is 17.9 Å². The summed E-state index contributed by atoms with van der Waals surface area (Å²) in [4.78, 5) is 17.4. The van der Waals surface area contributed by atoms with Gasteiger partial charge in [-0.25, -0.2) is 4.98 Å². The van der Waals surface area contributed by atoms with Crippen LogP contribution in [0.4, 0.5) is 5.82 Å². The molecule has 2 aromatic heterocycles. The van der Waals surface area contributed by atoms with Gasteiger partial charge in [0.1, 0.15) is 11.6 Å². The monoisotopic (exact) mass is 432 g/mol. The Balaban J connectivity index is 1.59. The van der Waals surface area contributed by atoms with Crippen molar-refractivity contribution < 1.29 is 9.53 Å². The number of carbonyl (C=O) groups is 1. The number of rotatable bonds is 5. The lowest BCUT2D eigenvalue weighted by atomic mass is 9.85. The van der Waals surface area contributed by atoms with Crippen molar-refractivity contribution in [1.29, 1.82) is 0 Å². The van der Waals surface area contributed by atoms with Crippen molar-refractivity contribution in [3.05, 3.63) is 64.8 Å². The molecule has 0 saturated heterocycles. The van der Waals surface area contributed by atoms with Gasteiger partial charge < -0.3 is 10.1 Å². The van der Waals surface area contributed by atoms with Crippen LogP contribution in [-0.2, 0) is 11.2 Å². The molecule has 2 aromatic carbocycles. The predicted octanol–water partition coefficient (Wildman–Crippen LogP) is 5.23. The first-order valence-electron chi connectivity index (χ1n) is 10.6. The van der Waals surface area contributed by atoms with Gasteiger partial charge in [-0.3, -0.25) is 4.79 Å². The standard InChI is InChI=1S/C24H24N4O2S/c1-4-15-6-8-16(9-7-15)18-13-21(29)26-23-22(18)14(3)27-28(23)24-25-19-11-10-17(30-5-2)12-20(19)31-24/h6-12,18H,4-5,13H2,1-3H3,(H,26,29)/t18-/m0/s1. The van der Waals surface area contributed by atoms with E-state index in [-0.39, 0.29) is 11.8 Å². The lowest BCUT2D eigenvalue weighted by Gasteiger charge is -2.24. The number of hydrogen-bond donors (Lipinski definition) is 1. The maximum atomic E-state index is 12.6. The number of nitrogens with zero attached hydrogens (tertiary/aromatic N) is 3. The molecule has 1 aliphatic rings. The first-order valence-corrected chi connectivity index (χ1v) is 11.4. The molecule has 0 unspecified atom stereocenters. The predicted molar refractivity (Wildman–Crippen MR) is 124 cm³/mol. The largest absolute Gasteiger partial charge is 0.494 e. The van der Waals surface area contributed by atoms with E-state index in [0.29, 0.717) is 13.0 Å². The summed E-state index contributed by atoms with van der Waals surface area (Å²) in [5.74, 6) is 1.54. The molecule has 1 N–H and O–H groups in total. The Bertz CT molecular complexity index is 1270. The molecule has 6 nitrogen and oxygen atoms in total. The second-order valence-electron chi connectivity index (χ2n) is 7.72. The summed E-state index contributed by atoms with van der Waals surface area (Å²) in [5, 5.41) is 8.56. The number of anilines is 1. The number of aromatic nitrogens is 3. The minimum atomic E-state index is -0.0117. The molecule has 158 valence electrons. The Morgan fingerprint density at radius 1 is 1.19 bits per heavy atom. The van der Waals surface area contributed by atoms with E-state index in [2.05, 4.69) is 36.5 Å². The molecular weight excluding hydrogens is 408 g/mol. The molecule has 1 amide bonds. The van der Waals surface area contributed by atoms with E-state index in [1.54, 1.807) is 4.68 Å². The number of aryl methyl sites for hydroxylation is 2. The Labute approximate surface area is 184 Å². The van der Waals surface area contributed by atoms with E-state index in [1.807, 2.05) is 32.0 Å². The van der Waals surface area contributed by atoms with Gasteiger partial charge in [-0.1, -0.05) is 42.5 Å². The zero-order valence-electron chi connectivity index (χ0n) is 17.8. The third kappa shape index (κ3) is 3.49. The van der Waals surface area contributed by atoms with E-state index in [9.17, 15) is 4.79 Å². The van der Waals surface area contributed by atoms with Gasteiger partial charge in [-0.15, -0.1) is 0 Å². The van der Waals surface area contributed by atoms with Crippen LogP contribution in [0, 0.1) is 6.92 Å². The topological polar surface area (TPSA) is 69.0 Å². The van der Waals surface area contributed by atoms with Crippen molar-refractivity contribution in [2.75, 3.05) is 11.9 Å². The highest BCUT2D eigenvalue weighted by atomic mass is 32.1. The summed E-state index contributed by atoms with van der Waals surface area (Å²) in [5.41, 5.74) is 5.30. The Kier molecular flexibility index (Phi) is 4.98. The number of nitrogens with one attached hydrogen (secondary N) is 1. The molecule has 0 saturated carbocycles. The van der Waals surface area contributed by atoms with Crippen molar-refractivity contribution in [1.82, 2.24) is 14.8 Å². The van der Waals surface area contributed by atoms with Gasteiger partial charge >= 0.3 is 0 Å². The van der Waals surface area contributed by atoms with Crippen molar-refractivity contribution >= 4 is 33.3 Å². The smallest absolute Gasteiger partial charge is 0.226 e. The number of hydrogen-bond acceptors (Lipinski definition) is 5. The van der Waals surface area contributed by atoms with Crippen LogP contribution < -0.4 is 10.1 Å². The summed E-state index contributed by atoms with van der Waals surface area (Å²) in [7, 11) is 0. The number of amides is 1. The van der Waals surface area contributed by atoms with Crippen LogP contribution in [0.3, 0.4) is 0 Å². The minimum Gasteiger partial charge on any atom is -0.494 e. The van der Waals surface area contributed by atoms with Gasteiger partial charge in [0.15, 0.2) is 0 Å². The van der Waals surface area contributed by atoms with Crippen LogP contribution >= 0.6 is 11.3 Å². The third-order valence-corrected chi connectivity index (χ3v) is 6.73. The van der Waals surface area contributed by atoms with Gasteiger partial charge in [-0.2, -0.15) is 9.78 Å². The molecule has 0 bridgehead atoms. The Hall–Kier alpha value is -3.19. The van der Waals surface area contributed by atoms with Crippen LogP contribution in [0.5, 0.6) is 5.75 Å². The number of ether oxygens (including phenoxy) is 1. The minimum absolute atomic E-state index is 0.00189. The van der Waals surface area contributed by atoms with Crippen LogP contribution in [0.25, 0.3) is 15.3 Å². The molecule has 0 radical (unpaired) electrons. The zero-order chi connectivity index (χ0) is 21.5. The first kappa shape index (κ1) is 19.8. The van der Waals surface area contributed by atoms with Crippen LogP contribution in [0.2, 0.25) is 0 Å². The fourth-order valence-electron chi connectivity index (χ4n) is 4.20. The lowest BCUT2D eigenvalue weighted by molar-refractivity contribution is -0.116. The van der Waals surface area contributed by atoms with E-state index in [0.717, 1.165) is 50.2 Å². The highest BCUT2D eigenvalue weighted by Crippen LogP contribution is 2.41. The average Bonchev–Trinajstić information content (AvgIpc) is 3.34. The normalized spacial score (nSPS) is 15.7. The summed E-state index contributed by atoms with van der Waals surface area (Å²) in [6.07, 6.45) is 1.42. The molecule has 4 aromatic rings. The molecule has 0 fully saturated rings. The fourth-order valence-corrected chi connectivity index (χ4v) is 5.15. The summed E-state index contributed by atoms with van der Waals surface area (Å²) in [6, 6.07) is 14.4. The van der Waals surface area contributed by atoms with Crippen molar-refractivity contribution in [2.24, 2.45) is 0 Å². The third-order valence-electron chi connectivity index (χ3n) is 5.73. The van der Waals surface area contributed by atoms with E-state index >= 15 is 0 Å². The molecule has 31 heavy (non-hydrogen) atoms. The van der Waals surface area contributed by atoms with Crippen molar-refractivity contribution in [3.8, 4) is 10.9 Å². The second kappa shape index (κ2) is 7.81. The SMILES string of the molecule is CCOc1ccc2nc(-n3nc(C)c4c3NC(=O)C[C@H]4c3ccc(CC)cc3)sc2c1. The van der Waals surface area contributed by atoms with Crippen molar-refractivity contribution in [2.45, 2.75) is 39.5 Å². The van der Waals surface area contributed by atoms with Crippen LogP contribution in [0.1, 0.15) is 48.6 Å². The average molecular weight is 433 g/mol. The molecule has 0 aliphatic carbocycles. The zero-order valence-corrected chi connectivity index (χ0v) is 18.6. The Morgan fingerprint density at radius 3 is 2.74 bits per heavy atom. The van der Waals surface area contributed by atoms with Gasteiger partial charge in [-0.05, 0) is 49.6 Å². The lowest BCUT2D eigenvalue weighted by Crippen LogP contribution is -2.24. The van der Waals surface area contributed by atoms with Crippen molar-refractivity contribution in [3.63, 3.8) is 0 Å². The van der Waals surface area contributed by atoms with E-state index in [1.165, 1.54) is 16.9 Å². The molecule has 1 atom stereocenters. The summed E-state index contributed by atoms with van der Waals surface area (Å²) < 4.78 is 8.42. The van der Waals surface area contributed by atoms with E-state index in [4.69, 9.17) is 14.8 Å². The number of benzene rings is 2. The highest BCUT2D eigenvalue weighted by molar-refractivity contribution is 7.20. The summed E-state index contributed by atoms with van der Waals surface area (Å²) >= 11 is 1.54. The van der Waals surface area contributed by atoms with Crippen LogP contribution in [0.15, 0.2) is 42.5 Å². The fraction of sp³-hybridized carbons (Fsp3) is 0.292. The maximum Gasteiger partial charge on any atom is 0.226 e. The van der Waals surface area contributed by atoms with Crippen LogP contribution in [-0.4, -0.2) is 27.3 Å². The molecule has 1 aliphatic heterocycles. The maximum absolute atomic E-state index is 12.6. The van der Waals surface area contributed by atoms with Gasteiger partial charge in [0.2, 0.25) is 11.0 Å². The number of carbonyl (C=O) groups excluding carboxylic acids is 1. The molecule has 3 heterocycles. The Morgan fingerprint density at radius 2 is 2.00 bits per heavy atom.